The zero-order valence-electron chi connectivity index (χ0n) is 11.9. The van der Waals surface area contributed by atoms with Gasteiger partial charge in [-0.2, -0.15) is 0 Å². The van der Waals surface area contributed by atoms with E-state index < -0.39 is 0 Å². The van der Waals surface area contributed by atoms with Crippen molar-refractivity contribution in [1.82, 2.24) is 14.8 Å². The maximum Gasteiger partial charge on any atom is 0.268 e. The summed E-state index contributed by atoms with van der Waals surface area (Å²) in [5.41, 5.74) is 0.773. The Hall–Kier alpha value is -0.810. The van der Waals surface area contributed by atoms with Crippen LogP contribution in [0.5, 0.6) is 0 Å². The van der Waals surface area contributed by atoms with E-state index in [-0.39, 0.29) is 5.91 Å². The second kappa shape index (κ2) is 5.90. The standard InChI is InChI=1S/C15H22BrN3O/c1-2-5-19-9-12(16)8-14(19)15(20)17-13-10-18-6-3-11(13)4-7-18/h8-9,11,13H,2-7,10H2,1H3,(H,17,20). The molecule has 0 aromatic carbocycles. The number of halogens is 1. The average molecular weight is 340 g/mol. The van der Waals surface area contributed by atoms with E-state index in [1.165, 1.54) is 25.9 Å². The average Bonchev–Trinajstić information content (AvgIpc) is 2.81. The van der Waals surface area contributed by atoms with Gasteiger partial charge in [0.1, 0.15) is 5.69 Å². The van der Waals surface area contributed by atoms with Crippen molar-refractivity contribution in [2.45, 2.75) is 38.8 Å². The lowest BCUT2D eigenvalue weighted by atomic mass is 9.84. The molecule has 2 bridgehead atoms. The maximum atomic E-state index is 12.5. The fraction of sp³-hybridized carbons (Fsp3) is 0.667. The summed E-state index contributed by atoms with van der Waals surface area (Å²) in [7, 11) is 0. The molecular formula is C15H22BrN3O. The largest absolute Gasteiger partial charge is 0.346 e. The molecule has 0 radical (unpaired) electrons. The van der Waals surface area contributed by atoms with Gasteiger partial charge < -0.3 is 14.8 Å². The summed E-state index contributed by atoms with van der Waals surface area (Å²) in [5.74, 6) is 0.741. The number of aryl methyl sites for hydroxylation is 1. The summed E-state index contributed by atoms with van der Waals surface area (Å²) in [6.45, 7) is 6.44. The Bertz CT molecular complexity index is 491. The zero-order chi connectivity index (χ0) is 14.1. The smallest absolute Gasteiger partial charge is 0.268 e. The number of carbonyl (C=O) groups excluding carboxylic acids is 1. The predicted octanol–water partition coefficient (Wildman–Crippen LogP) is 2.48. The molecule has 1 unspecified atom stereocenters. The monoisotopic (exact) mass is 339 g/mol. The molecule has 0 saturated carbocycles. The number of rotatable bonds is 4. The third-order valence-corrected chi connectivity index (χ3v) is 4.97. The summed E-state index contributed by atoms with van der Waals surface area (Å²) in [6, 6.07) is 2.25. The first-order chi connectivity index (χ1) is 9.67. The number of hydrogen-bond donors (Lipinski definition) is 1. The second-order valence-corrected chi connectivity index (χ2v) is 6.87. The van der Waals surface area contributed by atoms with E-state index in [1.54, 1.807) is 0 Å². The molecule has 110 valence electrons. The van der Waals surface area contributed by atoms with Crippen molar-refractivity contribution in [3.63, 3.8) is 0 Å². The normalized spacial score (nSPS) is 28.6. The van der Waals surface area contributed by atoms with Crippen LogP contribution in [0.4, 0.5) is 0 Å². The molecule has 3 fully saturated rings. The van der Waals surface area contributed by atoms with Crippen LogP contribution in [-0.4, -0.2) is 41.1 Å². The Morgan fingerprint density at radius 2 is 2.20 bits per heavy atom. The first-order valence-corrected chi connectivity index (χ1v) is 8.35. The van der Waals surface area contributed by atoms with Gasteiger partial charge in [0.25, 0.3) is 5.91 Å². The highest BCUT2D eigenvalue weighted by molar-refractivity contribution is 9.10. The summed E-state index contributed by atoms with van der Waals surface area (Å²) < 4.78 is 3.02. The Kier molecular flexibility index (Phi) is 4.17. The van der Waals surface area contributed by atoms with Crippen LogP contribution in [0.3, 0.4) is 0 Å². The van der Waals surface area contributed by atoms with Crippen LogP contribution in [0.2, 0.25) is 0 Å². The van der Waals surface area contributed by atoms with Gasteiger partial charge in [-0.05, 0) is 60.3 Å². The first kappa shape index (κ1) is 14.1. The fourth-order valence-corrected chi connectivity index (χ4v) is 3.93. The van der Waals surface area contributed by atoms with E-state index in [0.29, 0.717) is 12.0 Å². The molecule has 3 aliphatic heterocycles. The third-order valence-electron chi connectivity index (χ3n) is 4.53. The van der Waals surface area contributed by atoms with Gasteiger partial charge in [-0.25, -0.2) is 0 Å². The molecule has 0 spiro atoms. The molecular weight excluding hydrogens is 318 g/mol. The van der Waals surface area contributed by atoms with Crippen LogP contribution >= 0.6 is 15.9 Å². The second-order valence-electron chi connectivity index (χ2n) is 5.95. The summed E-state index contributed by atoms with van der Waals surface area (Å²) in [4.78, 5) is 15.0. The molecule has 4 nitrogen and oxygen atoms in total. The fourth-order valence-electron chi connectivity index (χ4n) is 3.46. The molecule has 4 rings (SSSR count). The molecule has 3 saturated heterocycles. The molecule has 1 N–H and O–H groups in total. The first-order valence-electron chi connectivity index (χ1n) is 7.56. The molecule has 0 aliphatic carbocycles. The molecule has 3 aliphatic rings. The number of carbonyl (C=O) groups is 1. The molecule has 1 aromatic heterocycles. The van der Waals surface area contributed by atoms with Gasteiger partial charge >= 0.3 is 0 Å². The van der Waals surface area contributed by atoms with Crippen molar-refractivity contribution in [3.05, 3.63) is 22.4 Å². The lowest BCUT2D eigenvalue weighted by Gasteiger charge is -2.44. The van der Waals surface area contributed by atoms with Crippen LogP contribution in [0.1, 0.15) is 36.7 Å². The quantitative estimate of drug-likeness (QED) is 0.914. The molecule has 1 aromatic rings. The van der Waals surface area contributed by atoms with Gasteiger partial charge in [0.15, 0.2) is 0 Å². The van der Waals surface area contributed by atoms with Gasteiger partial charge in [0.2, 0.25) is 0 Å². The highest BCUT2D eigenvalue weighted by Crippen LogP contribution is 2.27. The van der Waals surface area contributed by atoms with Crippen LogP contribution in [-0.2, 0) is 6.54 Å². The van der Waals surface area contributed by atoms with Crippen molar-refractivity contribution < 1.29 is 4.79 Å². The lowest BCUT2D eigenvalue weighted by Crippen LogP contribution is -2.57. The molecule has 1 amide bonds. The number of hydrogen-bond acceptors (Lipinski definition) is 2. The van der Waals surface area contributed by atoms with Crippen LogP contribution in [0.15, 0.2) is 16.7 Å². The molecule has 5 heteroatoms. The highest BCUT2D eigenvalue weighted by Gasteiger charge is 2.35. The van der Waals surface area contributed by atoms with Crippen LogP contribution in [0.25, 0.3) is 0 Å². The molecule has 1 atom stereocenters. The minimum absolute atomic E-state index is 0.0721. The summed E-state index contributed by atoms with van der Waals surface area (Å²) >= 11 is 3.47. The zero-order valence-corrected chi connectivity index (χ0v) is 13.5. The number of nitrogens with one attached hydrogen (secondary N) is 1. The maximum absolute atomic E-state index is 12.5. The van der Waals surface area contributed by atoms with Crippen molar-refractivity contribution >= 4 is 21.8 Å². The van der Waals surface area contributed by atoms with Gasteiger partial charge in [0, 0.05) is 29.8 Å². The van der Waals surface area contributed by atoms with Gasteiger partial charge in [-0.1, -0.05) is 6.92 Å². The Balaban J connectivity index is 1.70. The van der Waals surface area contributed by atoms with E-state index in [1.807, 2.05) is 16.8 Å². The van der Waals surface area contributed by atoms with Crippen LogP contribution in [0, 0.1) is 5.92 Å². The Labute approximate surface area is 128 Å². The van der Waals surface area contributed by atoms with Gasteiger partial charge in [-0.3, -0.25) is 4.79 Å². The van der Waals surface area contributed by atoms with Crippen LogP contribution < -0.4 is 5.32 Å². The molecule has 4 heterocycles. The predicted molar refractivity (Wildman–Crippen MR) is 82.8 cm³/mol. The van der Waals surface area contributed by atoms with E-state index in [0.717, 1.165) is 29.7 Å². The number of fused-ring (bicyclic) bond motifs is 3. The number of piperidine rings is 3. The number of amides is 1. The van der Waals surface area contributed by atoms with E-state index >= 15 is 0 Å². The van der Waals surface area contributed by atoms with E-state index in [2.05, 4.69) is 33.1 Å². The topological polar surface area (TPSA) is 37.3 Å². The third kappa shape index (κ3) is 2.79. The molecule has 20 heavy (non-hydrogen) atoms. The summed E-state index contributed by atoms with van der Waals surface area (Å²) in [6.07, 6.45) is 5.48. The number of nitrogens with zero attached hydrogens (tertiary/aromatic N) is 2. The minimum atomic E-state index is 0.0721. The Morgan fingerprint density at radius 1 is 1.45 bits per heavy atom. The number of aromatic nitrogens is 1. The van der Waals surface area contributed by atoms with Crippen molar-refractivity contribution in [2.24, 2.45) is 5.92 Å². The van der Waals surface area contributed by atoms with Gasteiger partial charge in [-0.15, -0.1) is 0 Å². The summed E-state index contributed by atoms with van der Waals surface area (Å²) in [5, 5.41) is 3.26. The SMILES string of the molecule is CCCn1cc(Br)cc1C(=O)NC1CN2CCC1CC2. The minimum Gasteiger partial charge on any atom is -0.346 e. The Morgan fingerprint density at radius 3 is 2.80 bits per heavy atom. The van der Waals surface area contributed by atoms with Crippen molar-refractivity contribution in [1.29, 1.82) is 0 Å². The van der Waals surface area contributed by atoms with Crippen molar-refractivity contribution in [3.8, 4) is 0 Å². The van der Waals surface area contributed by atoms with E-state index in [9.17, 15) is 4.79 Å². The van der Waals surface area contributed by atoms with E-state index in [4.69, 9.17) is 0 Å². The van der Waals surface area contributed by atoms with Gasteiger partial charge in [0.05, 0.1) is 0 Å². The van der Waals surface area contributed by atoms with Crippen molar-refractivity contribution in [2.75, 3.05) is 19.6 Å². The lowest BCUT2D eigenvalue weighted by molar-refractivity contribution is 0.0615. The highest BCUT2D eigenvalue weighted by atomic mass is 79.9.